The standard InChI is InChI=1S/C10H12BrClO2/c1-2-13-10-7-8(11)3-4-9(10)14-6-5-12/h3-4,7H,2,5-6H2,1H3. The summed E-state index contributed by atoms with van der Waals surface area (Å²) in [7, 11) is 0. The van der Waals surface area contributed by atoms with Crippen molar-refractivity contribution in [2.75, 3.05) is 19.1 Å². The Hall–Kier alpha value is -0.410. The second-order valence-corrected chi connectivity index (χ2v) is 3.86. The van der Waals surface area contributed by atoms with Gasteiger partial charge in [-0.3, -0.25) is 0 Å². The molecule has 0 aliphatic rings. The SMILES string of the molecule is CCOc1cc(Br)ccc1OCCCl. The topological polar surface area (TPSA) is 18.5 Å². The van der Waals surface area contributed by atoms with Crippen molar-refractivity contribution in [2.45, 2.75) is 6.92 Å². The molecule has 1 aromatic carbocycles. The molecule has 78 valence electrons. The number of hydrogen-bond acceptors (Lipinski definition) is 2. The number of rotatable bonds is 5. The van der Waals surface area contributed by atoms with Crippen LogP contribution in [0.1, 0.15) is 6.92 Å². The van der Waals surface area contributed by atoms with Gasteiger partial charge in [0.25, 0.3) is 0 Å². The van der Waals surface area contributed by atoms with Gasteiger partial charge in [0.2, 0.25) is 0 Å². The maximum absolute atomic E-state index is 5.54. The third-order valence-electron chi connectivity index (χ3n) is 1.54. The molecule has 0 saturated heterocycles. The van der Waals surface area contributed by atoms with E-state index in [2.05, 4.69) is 15.9 Å². The number of benzene rings is 1. The second-order valence-electron chi connectivity index (χ2n) is 2.56. The highest BCUT2D eigenvalue weighted by molar-refractivity contribution is 9.10. The molecular formula is C10H12BrClO2. The van der Waals surface area contributed by atoms with Crippen LogP contribution < -0.4 is 9.47 Å². The van der Waals surface area contributed by atoms with E-state index in [1.807, 2.05) is 25.1 Å². The van der Waals surface area contributed by atoms with Crippen LogP contribution in [0.4, 0.5) is 0 Å². The molecular weight excluding hydrogens is 267 g/mol. The van der Waals surface area contributed by atoms with Crippen molar-refractivity contribution in [3.05, 3.63) is 22.7 Å². The van der Waals surface area contributed by atoms with Gasteiger partial charge >= 0.3 is 0 Å². The minimum absolute atomic E-state index is 0.474. The Morgan fingerprint density at radius 3 is 2.71 bits per heavy atom. The molecule has 14 heavy (non-hydrogen) atoms. The van der Waals surface area contributed by atoms with Gasteiger partial charge in [-0.1, -0.05) is 15.9 Å². The molecule has 2 nitrogen and oxygen atoms in total. The first-order chi connectivity index (χ1) is 6.77. The lowest BCUT2D eigenvalue weighted by molar-refractivity contribution is 0.289. The van der Waals surface area contributed by atoms with Crippen LogP contribution in [0.15, 0.2) is 22.7 Å². The van der Waals surface area contributed by atoms with Gasteiger partial charge in [-0.05, 0) is 25.1 Å². The lowest BCUT2D eigenvalue weighted by atomic mass is 10.3. The predicted octanol–water partition coefficient (Wildman–Crippen LogP) is 3.47. The minimum atomic E-state index is 0.474. The largest absolute Gasteiger partial charge is 0.490 e. The first-order valence-electron chi connectivity index (χ1n) is 4.39. The molecule has 0 saturated carbocycles. The molecule has 0 aromatic heterocycles. The van der Waals surface area contributed by atoms with Gasteiger partial charge in [0.05, 0.1) is 12.5 Å². The molecule has 0 spiro atoms. The molecule has 0 heterocycles. The van der Waals surface area contributed by atoms with Crippen molar-refractivity contribution >= 4 is 27.5 Å². The van der Waals surface area contributed by atoms with Gasteiger partial charge in [0, 0.05) is 4.47 Å². The minimum Gasteiger partial charge on any atom is -0.490 e. The van der Waals surface area contributed by atoms with Crippen LogP contribution in [0, 0.1) is 0 Å². The number of hydrogen-bond donors (Lipinski definition) is 0. The smallest absolute Gasteiger partial charge is 0.162 e. The van der Waals surface area contributed by atoms with E-state index in [-0.39, 0.29) is 0 Å². The summed E-state index contributed by atoms with van der Waals surface area (Å²) < 4.78 is 11.8. The van der Waals surface area contributed by atoms with Crippen LogP contribution in [0.2, 0.25) is 0 Å². The van der Waals surface area contributed by atoms with Crippen LogP contribution in [0.3, 0.4) is 0 Å². The molecule has 0 radical (unpaired) electrons. The van der Waals surface area contributed by atoms with Gasteiger partial charge in [-0.2, -0.15) is 0 Å². The first-order valence-corrected chi connectivity index (χ1v) is 5.71. The fourth-order valence-electron chi connectivity index (χ4n) is 1.02. The lowest BCUT2D eigenvalue weighted by Crippen LogP contribution is -2.01. The molecule has 0 bridgehead atoms. The Labute approximate surface area is 97.3 Å². The third-order valence-corrected chi connectivity index (χ3v) is 2.19. The molecule has 1 rings (SSSR count). The Kier molecular flexibility index (Phi) is 5.12. The molecule has 0 unspecified atom stereocenters. The fraction of sp³-hybridized carbons (Fsp3) is 0.400. The molecule has 1 aromatic rings. The average molecular weight is 280 g/mol. The van der Waals surface area contributed by atoms with Crippen molar-refractivity contribution in [3.8, 4) is 11.5 Å². The van der Waals surface area contributed by atoms with Gasteiger partial charge in [-0.25, -0.2) is 0 Å². The number of alkyl halides is 1. The molecule has 0 atom stereocenters. The van der Waals surface area contributed by atoms with Crippen molar-refractivity contribution < 1.29 is 9.47 Å². The summed E-state index contributed by atoms with van der Waals surface area (Å²) in [4.78, 5) is 0. The molecule has 0 amide bonds. The van der Waals surface area contributed by atoms with Gasteiger partial charge in [0.1, 0.15) is 6.61 Å². The van der Waals surface area contributed by atoms with E-state index < -0.39 is 0 Å². The summed E-state index contributed by atoms with van der Waals surface area (Å²) in [5.74, 6) is 1.95. The molecule has 0 N–H and O–H groups in total. The van der Waals surface area contributed by atoms with Gasteiger partial charge in [-0.15, -0.1) is 11.6 Å². The van der Waals surface area contributed by atoms with Crippen LogP contribution in [-0.2, 0) is 0 Å². The van der Waals surface area contributed by atoms with Gasteiger partial charge < -0.3 is 9.47 Å². The van der Waals surface area contributed by atoms with E-state index in [4.69, 9.17) is 21.1 Å². The van der Waals surface area contributed by atoms with Crippen LogP contribution in [-0.4, -0.2) is 19.1 Å². The summed E-state index contributed by atoms with van der Waals surface area (Å²) in [6.07, 6.45) is 0. The van der Waals surface area contributed by atoms with E-state index in [9.17, 15) is 0 Å². The molecule has 0 aliphatic heterocycles. The summed E-state index contributed by atoms with van der Waals surface area (Å²) >= 11 is 8.91. The summed E-state index contributed by atoms with van der Waals surface area (Å²) in [5.41, 5.74) is 0. The lowest BCUT2D eigenvalue weighted by Gasteiger charge is -2.10. The van der Waals surface area contributed by atoms with Crippen molar-refractivity contribution in [1.82, 2.24) is 0 Å². The highest BCUT2D eigenvalue weighted by Crippen LogP contribution is 2.30. The molecule has 4 heteroatoms. The zero-order valence-corrected chi connectivity index (χ0v) is 10.3. The van der Waals surface area contributed by atoms with Crippen molar-refractivity contribution in [3.63, 3.8) is 0 Å². The van der Waals surface area contributed by atoms with Crippen LogP contribution >= 0.6 is 27.5 Å². The Balaban J connectivity index is 2.78. The predicted molar refractivity (Wildman–Crippen MR) is 61.5 cm³/mol. The van der Waals surface area contributed by atoms with E-state index in [0.29, 0.717) is 19.1 Å². The zero-order chi connectivity index (χ0) is 10.4. The highest BCUT2D eigenvalue weighted by Gasteiger charge is 2.04. The molecule has 0 aliphatic carbocycles. The maximum atomic E-state index is 5.54. The quantitative estimate of drug-likeness (QED) is 0.769. The summed E-state index contributed by atoms with van der Waals surface area (Å²) in [6.45, 7) is 3.04. The Morgan fingerprint density at radius 1 is 1.29 bits per heavy atom. The Morgan fingerprint density at radius 2 is 2.07 bits per heavy atom. The average Bonchev–Trinajstić information content (AvgIpc) is 2.17. The first kappa shape index (κ1) is 11.7. The number of halogens is 2. The van der Waals surface area contributed by atoms with E-state index >= 15 is 0 Å². The van der Waals surface area contributed by atoms with Crippen LogP contribution in [0.25, 0.3) is 0 Å². The zero-order valence-electron chi connectivity index (χ0n) is 7.93. The van der Waals surface area contributed by atoms with Crippen molar-refractivity contribution in [1.29, 1.82) is 0 Å². The highest BCUT2D eigenvalue weighted by atomic mass is 79.9. The number of ether oxygens (including phenoxy) is 2. The third kappa shape index (κ3) is 3.39. The fourth-order valence-corrected chi connectivity index (χ4v) is 1.44. The normalized spacial score (nSPS) is 9.93. The second kappa shape index (κ2) is 6.14. The monoisotopic (exact) mass is 278 g/mol. The van der Waals surface area contributed by atoms with Crippen LogP contribution in [0.5, 0.6) is 11.5 Å². The van der Waals surface area contributed by atoms with E-state index in [1.54, 1.807) is 0 Å². The summed E-state index contributed by atoms with van der Waals surface area (Å²) in [5, 5.41) is 0. The summed E-state index contributed by atoms with van der Waals surface area (Å²) in [6, 6.07) is 5.65. The van der Waals surface area contributed by atoms with E-state index in [1.165, 1.54) is 0 Å². The van der Waals surface area contributed by atoms with E-state index in [0.717, 1.165) is 16.0 Å². The maximum Gasteiger partial charge on any atom is 0.162 e. The van der Waals surface area contributed by atoms with Gasteiger partial charge in [0.15, 0.2) is 11.5 Å². The Bertz CT molecular complexity index is 291. The molecule has 0 fully saturated rings. The van der Waals surface area contributed by atoms with Crippen molar-refractivity contribution in [2.24, 2.45) is 0 Å².